The molecule has 2 aromatic carbocycles. The monoisotopic (exact) mass is 557 g/mol. The topological polar surface area (TPSA) is 84.0 Å². The summed E-state index contributed by atoms with van der Waals surface area (Å²) in [5.74, 6) is 0.578. The Bertz CT molecular complexity index is 1830. The Morgan fingerprint density at radius 1 is 1.15 bits per heavy atom. The van der Waals surface area contributed by atoms with Gasteiger partial charge in [0, 0.05) is 29.2 Å². The molecule has 1 atom stereocenters. The minimum absolute atomic E-state index is 0.203. The molecule has 1 unspecified atom stereocenters. The summed E-state index contributed by atoms with van der Waals surface area (Å²) in [4.78, 5) is 32.5. The molecule has 5 rings (SSSR count). The van der Waals surface area contributed by atoms with Crippen molar-refractivity contribution in [3.63, 3.8) is 0 Å². The number of rotatable bonds is 9. The van der Waals surface area contributed by atoms with Gasteiger partial charge < -0.3 is 18.8 Å². The smallest absolute Gasteiger partial charge is 0.338 e. The minimum atomic E-state index is -0.746. The number of nitrogens with zero attached hydrogens (tertiary/aromatic N) is 3. The molecule has 0 fully saturated rings. The van der Waals surface area contributed by atoms with Gasteiger partial charge in [0.05, 0.1) is 42.2 Å². The molecule has 0 spiro atoms. The first-order chi connectivity index (χ1) is 19.4. The average Bonchev–Trinajstić information content (AvgIpc) is 3.45. The molecule has 0 bridgehead atoms. The van der Waals surface area contributed by atoms with Gasteiger partial charge in [-0.15, -0.1) is 6.58 Å². The zero-order chi connectivity index (χ0) is 28.4. The molecule has 8 nitrogen and oxygen atoms in total. The Hall–Kier alpha value is -4.37. The summed E-state index contributed by atoms with van der Waals surface area (Å²) in [5.41, 5.74) is 3.25. The number of para-hydroxylation sites is 1. The van der Waals surface area contributed by atoms with Crippen LogP contribution in [0.3, 0.4) is 0 Å². The molecule has 3 heterocycles. The maximum absolute atomic E-state index is 14.1. The lowest BCUT2D eigenvalue weighted by Gasteiger charge is -2.25. The van der Waals surface area contributed by atoms with E-state index in [0.29, 0.717) is 50.8 Å². The van der Waals surface area contributed by atoms with Gasteiger partial charge in [-0.05, 0) is 50.6 Å². The summed E-state index contributed by atoms with van der Waals surface area (Å²) >= 11 is 1.30. The van der Waals surface area contributed by atoms with Gasteiger partial charge in [-0.3, -0.25) is 9.36 Å². The highest BCUT2D eigenvalue weighted by Crippen LogP contribution is 2.36. The summed E-state index contributed by atoms with van der Waals surface area (Å²) in [6.45, 7) is 10.6. The van der Waals surface area contributed by atoms with E-state index in [1.54, 1.807) is 31.6 Å². The van der Waals surface area contributed by atoms with E-state index in [1.165, 1.54) is 11.3 Å². The zero-order valence-electron chi connectivity index (χ0n) is 23.0. The van der Waals surface area contributed by atoms with Crippen LogP contribution in [0.4, 0.5) is 0 Å². The van der Waals surface area contributed by atoms with Gasteiger partial charge in [-0.2, -0.15) is 0 Å². The summed E-state index contributed by atoms with van der Waals surface area (Å²) < 4.78 is 20.9. The van der Waals surface area contributed by atoms with Crippen LogP contribution in [0.2, 0.25) is 0 Å². The van der Waals surface area contributed by atoms with Crippen LogP contribution in [0.5, 0.6) is 11.5 Å². The Labute approximate surface area is 235 Å². The molecule has 0 amide bonds. The molecule has 0 radical (unpaired) electrons. The van der Waals surface area contributed by atoms with Gasteiger partial charge in [0.1, 0.15) is 0 Å². The highest BCUT2D eigenvalue weighted by molar-refractivity contribution is 7.07. The van der Waals surface area contributed by atoms with Crippen molar-refractivity contribution in [2.75, 3.05) is 20.3 Å². The Morgan fingerprint density at radius 2 is 1.95 bits per heavy atom. The molecular weight excluding hydrogens is 526 g/mol. The molecule has 9 heteroatoms. The molecule has 40 heavy (non-hydrogen) atoms. The fourth-order valence-electron chi connectivity index (χ4n) is 5.06. The maximum Gasteiger partial charge on any atom is 0.338 e. The standard InChI is InChI=1S/C31H31N3O5S/c1-6-15-33-18-21(22-11-9-10-12-23(22)33)17-26-29(35)34-28(20-13-14-24(37-5)25(16-20)38-7-2)27(30(36)39-8-3)19(4)32-31(34)40-26/h6,9-14,16-18,28H,1,7-8,15H2,2-5H3/b26-17-. The number of fused-ring (bicyclic) bond motifs is 2. The second-order valence-electron chi connectivity index (χ2n) is 9.19. The van der Waals surface area contributed by atoms with Crippen LogP contribution in [-0.4, -0.2) is 35.4 Å². The van der Waals surface area contributed by atoms with Crippen molar-refractivity contribution in [2.24, 2.45) is 4.99 Å². The third-order valence-corrected chi connectivity index (χ3v) is 7.74. The number of methoxy groups -OCH3 is 1. The first-order valence-electron chi connectivity index (χ1n) is 13.1. The van der Waals surface area contributed by atoms with E-state index >= 15 is 0 Å². The van der Waals surface area contributed by atoms with Crippen LogP contribution in [0.15, 0.2) is 82.4 Å². The van der Waals surface area contributed by atoms with Crippen LogP contribution >= 0.6 is 11.3 Å². The quantitative estimate of drug-likeness (QED) is 0.226. The lowest BCUT2D eigenvalue weighted by Crippen LogP contribution is -2.40. The average molecular weight is 558 g/mol. The van der Waals surface area contributed by atoms with E-state index in [0.717, 1.165) is 16.5 Å². The number of carbonyl (C=O) groups is 1. The largest absolute Gasteiger partial charge is 0.493 e. The SMILES string of the molecule is C=CCn1cc(/C=c2\sc3n(c2=O)C(c2ccc(OC)c(OCC)c2)C(C(=O)OCC)=C(C)N=3)c2ccccc21. The van der Waals surface area contributed by atoms with Crippen molar-refractivity contribution in [2.45, 2.75) is 33.4 Å². The van der Waals surface area contributed by atoms with Gasteiger partial charge in [-0.1, -0.05) is 41.7 Å². The molecule has 1 aliphatic heterocycles. The summed E-state index contributed by atoms with van der Waals surface area (Å²) in [7, 11) is 1.57. The molecule has 206 valence electrons. The maximum atomic E-state index is 14.1. The fraction of sp³-hybridized carbons (Fsp3) is 0.258. The van der Waals surface area contributed by atoms with Crippen molar-refractivity contribution in [3.8, 4) is 11.5 Å². The van der Waals surface area contributed by atoms with E-state index < -0.39 is 12.0 Å². The minimum Gasteiger partial charge on any atom is -0.493 e. The van der Waals surface area contributed by atoms with Crippen LogP contribution in [-0.2, 0) is 16.1 Å². The van der Waals surface area contributed by atoms with Crippen molar-refractivity contribution < 1.29 is 19.0 Å². The van der Waals surface area contributed by atoms with E-state index in [4.69, 9.17) is 14.2 Å². The van der Waals surface area contributed by atoms with Crippen molar-refractivity contribution in [1.82, 2.24) is 9.13 Å². The van der Waals surface area contributed by atoms with Crippen molar-refractivity contribution in [3.05, 3.63) is 103 Å². The number of allylic oxidation sites excluding steroid dienone is 2. The number of aromatic nitrogens is 2. The molecule has 1 aliphatic rings. The van der Waals surface area contributed by atoms with E-state index in [9.17, 15) is 9.59 Å². The summed E-state index contributed by atoms with van der Waals surface area (Å²) in [6, 6.07) is 12.7. The van der Waals surface area contributed by atoms with Crippen molar-refractivity contribution in [1.29, 1.82) is 0 Å². The summed E-state index contributed by atoms with van der Waals surface area (Å²) in [5, 5.41) is 1.03. The van der Waals surface area contributed by atoms with Crippen LogP contribution in [0, 0.1) is 0 Å². The van der Waals surface area contributed by atoms with Gasteiger partial charge in [0.2, 0.25) is 0 Å². The lowest BCUT2D eigenvalue weighted by atomic mass is 9.95. The third kappa shape index (κ3) is 4.77. The van der Waals surface area contributed by atoms with E-state index in [1.807, 2.05) is 61.7 Å². The molecular formula is C31H31N3O5S. The van der Waals surface area contributed by atoms with Gasteiger partial charge in [0.15, 0.2) is 16.3 Å². The first-order valence-corrected chi connectivity index (χ1v) is 13.9. The van der Waals surface area contributed by atoms with Crippen LogP contribution in [0.1, 0.15) is 37.9 Å². The van der Waals surface area contributed by atoms with Gasteiger partial charge >= 0.3 is 5.97 Å². The molecule has 2 aromatic heterocycles. The number of esters is 1. The van der Waals surface area contributed by atoms with E-state index in [2.05, 4.69) is 16.1 Å². The molecule has 4 aromatic rings. The van der Waals surface area contributed by atoms with Gasteiger partial charge in [0.25, 0.3) is 5.56 Å². The number of carbonyl (C=O) groups excluding carboxylic acids is 1. The highest BCUT2D eigenvalue weighted by atomic mass is 32.1. The molecule has 0 aliphatic carbocycles. The fourth-order valence-corrected chi connectivity index (χ4v) is 6.10. The third-order valence-electron chi connectivity index (χ3n) is 6.75. The second kappa shape index (κ2) is 11.4. The predicted molar refractivity (Wildman–Crippen MR) is 157 cm³/mol. The predicted octanol–water partition coefficient (Wildman–Crippen LogP) is 4.35. The number of hydrogen-bond donors (Lipinski definition) is 0. The number of thiazole rings is 1. The number of hydrogen-bond acceptors (Lipinski definition) is 7. The van der Waals surface area contributed by atoms with Gasteiger partial charge in [-0.25, -0.2) is 9.79 Å². The van der Waals surface area contributed by atoms with Crippen molar-refractivity contribution >= 4 is 34.3 Å². The summed E-state index contributed by atoms with van der Waals surface area (Å²) in [6.07, 6.45) is 5.76. The van der Waals surface area contributed by atoms with E-state index in [-0.39, 0.29) is 12.2 Å². The second-order valence-corrected chi connectivity index (χ2v) is 10.2. The zero-order valence-corrected chi connectivity index (χ0v) is 23.8. The molecule has 0 saturated heterocycles. The Morgan fingerprint density at radius 3 is 2.67 bits per heavy atom. The Kier molecular flexibility index (Phi) is 7.75. The van der Waals surface area contributed by atoms with Crippen LogP contribution in [0.25, 0.3) is 17.0 Å². The normalized spacial score (nSPS) is 15.1. The number of ether oxygens (including phenoxy) is 3. The first kappa shape index (κ1) is 27.2. The lowest BCUT2D eigenvalue weighted by molar-refractivity contribution is -0.139. The highest BCUT2D eigenvalue weighted by Gasteiger charge is 2.34. The van der Waals surface area contributed by atoms with Crippen LogP contribution < -0.4 is 24.4 Å². The Balaban J connectivity index is 1.74. The molecule has 0 saturated carbocycles. The molecule has 0 N–H and O–H groups in total. The number of benzene rings is 2.